The Bertz CT molecular complexity index is 721. The van der Waals surface area contributed by atoms with Crippen molar-refractivity contribution in [3.05, 3.63) is 42.2 Å². The first-order chi connectivity index (χ1) is 12.3. The van der Waals surface area contributed by atoms with Crippen molar-refractivity contribution in [2.75, 3.05) is 33.4 Å². The molecule has 0 bridgehead atoms. The molecule has 1 atom stereocenters. The normalized spacial score (nSPS) is 20.8. The first-order valence-electron chi connectivity index (χ1n) is 8.72. The molecule has 1 aromatic carbocycles. The molecule has 3 N–H and O–H groups in total. The summed E-state index contributed by atoms with van der Waals surface area (Å²) >= 11 is 0. The molecule has 1 aliphatic rings. The molecule has 1 unspecified atom stereocenters. The Morgan fingerprint density at radius 1 is 1.32 bits per heavy atom. The van der Waals surface area contributed by atoms with Crippen molar-refractivity contribution in [2.24, 2.45) is 10.4 Å². The number of aliphatic hydroxyl groups is 1. The van der Waals surface area contributed by atoms with Crippen LogP contribution in [0.3, 0.4) is 0 Å². The summed E-state index contributed by atoms with van der Waals surface area (Å²) in [6, 6.07) is 10.3. The van der Waals surface area contributed by atoms with Crippen molar-refractivity contribution in [3.63, 3.8) is 0 Å². The average Bonchev–Trinajstić information content (AvgIpc) is 3.11. The highest BCUT2D eigenvalue weighted by Crippen LogP contribution is 2.31. The zero-order chi connectivity index (χ0) is 17.5. The second kappa shape index (κ2) is 8.27. The van der Waals surface area contributed by atoms with Crippen LogP contribution in [0.4, 0.5) is 0 Å². The number of aliphatic hydroxyl groups excluding tert-OH is 1. The molecule has 134 valence electrons. The summed E-state index contributed by atoms with van der Waals surface area (Å²) in [6.07, 6.45) is 3.53. The van der Waals surface area contributed by atoms with Crippen LogP contribution in [0.25, 0.3) is 10.8 Å². The lowest BCUT2D eigenvalue weighted by Crippen LogP contribution is -2.44. The molecular formula is C19H26N4O2. The standard InChI is InChI=1S/C19H26N4O2/c1-20-18(23-13-19(7-10-24)8-11-25-14-19)22-12-17-16-5-3-2-4-15(16)6-9-21-17/h2-6,9,24H,7-8,10-14H2,1H3,(H2,20,22,23). The number of nitrogens with one attached hydrogen (secondary N) is 2. The van der Waals surface area contributed by atoms with Crippen LogP contribution in [-0.4, -0.2) is 49.5 Å². The van der Waals surface area contributed by atoms with Crippen molar-refractivity contribution in [1.29, 1.82) is 0 Å². The van der Waals surface area contributed by atoms with Crippen LogP contribution in [0.15, 0.2) is 41.5 Å². The zero-order valence-corrected chi connectivity index (χ0v) is 14.7. The third-order valence-corrected chi connectivity index (χ3v) is 4.86. The number of pyridine rings is 1. The largest absolute Gasteiger partial charge is 0.396 e. The molecule has 0 saturated carbocycles. The molecule has 2 heterocycles. The van der Waals surface area contributed by atoms with E-state index in [1.165, 1.54) is 5.39 Å². The maximum absolute atomic E-state index is 9.33. The van der Waals surface area contributed by atoms with E-state index in [-0.39, 0.29) is 12.0 Å². The summed E-state index contributed by atoms with van der Waals surface area (Å²) in [5.74, 6) is 0.735. The van der Waals surface area contributed by atoms with Crippen LogP contribution in [0.5, 0.6) is 0 Å². The average molecular weight is 342 g/mol. The molecule has 1 aliphatic heterocycles. The number of aliphatic imine (C=N–C) groups is 1. The highest BCUT2D eigenvalue weighted by Gasteiger charge is 2.34. The van der Waals surface area contributed by atoms with Gasteiger partial charge in [0.25, 0.3) is 0 Å². The Morgan fingerprint density at radius 3 is 2.96 bits per heavy atom. The number of ether oxygens (including phenoxy) is 1. The molecular weight excluding hydrogens is 316 g/mol. The zero-order valence-electron chi connectivity index (χ0n) is 14.7. The number of aromatic nitrogens is 1. The van der Waals surface area contributed by atoms with Crippen LogP contribution >= 0.6 is 0 Å². The van der Waals surface area contributed by atoms with E-state index < -0.39 is 0 Å². The molecule has 0 radical (unpaired) electrons. The summed E-state index contributed by atoms with van der Waals surface area (Å²) in [6.45, 7) is 2.95. The quantitative estimate of drug-likeness (QED) is 0.550. The second-order valence-electron chi connectivity index (χ2n) is 6.53. The fraction of sp³-hybridized carbons (Fsp3) is 0.474. The van der Waals surface area contributed by atoms with E-state index >= 15 is 0 Å². The number of hydrogen-bond acceptors (Lipinski definition) is 4. The summed E-state index contributed by atoms with van der Waals surface area (Å²) in [5, 5.41) is 18.4. The highest BCUT2D eigenvalue weighted by atomic mass is 16.5. The molecule has 1 saturated heterocycles. The van der Waals surface area contributed by atoms with Gasteiger partial charge in [0.1, 0.15) is 0 Å². The van der Waals surface area contributed by atoms with Crippen LogP contribution in [0.2, 0.25) is 0 Å². The van der Waals surface area contributed by atoms with E-state index in [4.69, 9.17) is 4.74 Å². The highest BCUT2D eigenvalue weighted by molar-refractivity contribution is 5.85. The third-order valence-electron chi connectivity index (χ3n) is 4.86. The second-order valence-corrected chi connectivity index (χ2v) is 6.53. The number of fused-ring (bicyclic) bond motifs is 1. The van der Waals surface area contributed by atoms with Gasteiger partial charge in [0.05, 0.1) is 18.8 Å². The minimum Gasteiger partial charge on any atom is -0.396 e. The molecule has 1 aromatic heterocycles. The number of guanidine groups is 1. The fourth-order valence-electron chi connectivity index (χ4n) is 3.29. The van der Waals surface area contributed by atoms with Gasteiger partial charge < -0.3 is 20.5 Å². The molecule has 6 nitrogen and oxygen atoms in total. The van der Waals surface area contributed by atoms with Gasteiger partial charge in [-0.1, -0.05) is 24.3 Å². The van der Waals surface area contributed by atoms with Gasteiger partial charge in [-0.2, -0.15) is 0 Å². The van der Waals surface area contributed by atoms with Crippen molar-refractivity contribution in [3.8, 4) is 0 Å². The number of benzene rings is 1. The number of hydrogen-bond donors (Lipinski definition) is 3. The molecule has 0 aliphatic carbocycles. The lowest BCUT2D eigenvalue weighted by Gasteiger charge is -2.27. The van der Waals surface area contributed by atoms with E-state index in [0.29, 0.717) is 13.2 Å². The van der Waals surface area contributed by atoms with Crippen molar-refractivity contribution < 1.29 is 9.84 Å². The van der Waals surface area contributed by atoms with E-state index in [0.717, 1.165) is 43.0 Å². The van der Waals surface area contributed by atoms with Crippen molar-refractivity contribution >= 4 is 16.7 Å². The fourth-order valence-corrected chi connectivity index (χ4v) is 3.29. The Balaban J connectivity index is 1.61. The lowest BCUT2D eigenvalue weighted by molar-refractivity contribution is 0.127. The molecule has 3 rings (SSSR count). The van der Waals surface area contributed by atoms with E-state index in [2.05, 4.69) is 32.7 Å². The summed E-state index contributed by atoms with van der Waals surface area (Å²) in [5.41, 5.74) is 0.986. The maximum Gasteiger partial charge on any atom is 0.191 e. The van der Waals surface area contributed by atoms with Gasteiger partial charge in [-0.15, -0.1) is 0 Å². The molecule has 6 heteroatoms. The first kappa shape index (κ1) is 17.6. The van der Waals surface area contributed by atoms with E-state index in [9.17, 15) is 5.11 Å². The number of rotatable bonds is 6. The number of nitrogens with zero attached hydrogens (tertiary/aromatic N) is 2. The Hall–Kier alpha value is -2.18. The smallest absolute Gasteiger partial charge is 0.191 e. The molecule has 0 amide bonds. The van der Waals surface area contributed by atoms with E-state index in [1.54, 1.807) is 7.05 Å². The van der Waals surface area contributed by atoms with Gasteiger partial charge in [-0.3, -0.25) is 9.98 Å². The molecule has 25 heavy (non-hydrogen) atoms. The van der Waals surface area contributed by atoms with Gasteiger partial charge in [-0.25, -0.2) is 0 Å². The Morgan fingerprint density at radius 2 is 2.20 bits per heavy atom. The minimum absolute atomic E-state index is 0.00986. The van der Waals surface area contributed by atoms with Crippen LogP contribution in [0.1, 0.15) is 18.5 Å². The first-order valence-corrected chi connectivity index (χ1v) is 8.72. The molecule has 1 fully saturated rings. The van der Waals surface area contributed by atoms with Gasteiger partial charge in [0, 0.05) is 43.8 Å². The SMILES string of the molecule is CN=C(NCc1nccc2ccccc12)NCC1(CCO)CCOC1. The predicted octanol–water partition coefficient (Wildman–Crippen LogP) is 1.69. The summed E-state index contributed by atoms with van der Waals surface area (Å²) in [7, 11) is 1.76. The van der Waals surface area contributed by atoms with Crippen molar-refractivity contribution in [2.45, 2.75) is 19.4 Å². The third kappa shape index (κ3) is 4.27. The van der Waals surface area contributed by atoms with Crippen molar-refractivity contribution in [1.82, 2.24) is 15.6 Å². The topological polar surface area (TPSA) is 78.8 Å². The molecule has 2 aromatic rings. The lowest BCUT2D eigenvalue weighted by atomic mass is 9.84. The van der Waals surface area contributed by atoms with Crippen LogP contribution in [-0.2, 0) is 11.3 Å². The van der Waals surface area contributed by atoms with Gasteiger partial charge >= 0.3 is 0 Å². The summed E-state index contributed by atoms with van der Waals surface area (Å²) in [4.78, 5) is 8.79. The van der Waals surface area contributed by atoms with Crippen LogP contribution < -0.4 is 10.6 Å². The maximum atomic E-state index is 9.33. The van der Waals surface area contributed by atoms with E-state index in [1.807, 2.05) is 24.4 Å². The van der Waals surface area contributed by atoms with Gasteiger partial charge in [0.15, 0.2) is 5.96 Å². The predicted molar refractivity (Wildman–Crippen MR) is 99.5 cm³/mol. The van der Waals surface area contributed by atoms with Crippen LogP contribution in [0, 0.1) is 5.41 Å². The monoisotopic (exact) mass is 342 g/mol. The Labute approximate surface area is 148 Å². The molecule has 0 spiro atoms. The minimum atomic E-state index is -0.00986. The van der Waals surface area contributed by atoms with Gasteiger partial charge in [0.2, 0.25) is 0 Å². The Kier molecular flexibility index (Phi) is 5.83. The summed E-state index contributed by atoms with van der Waals surface area (Å²) < 4.78 is 5.54. The van der Waals surface area contributed by atoms with Gasteiger partial charge in [-0.05, 0) is 24.3 Å².